The molecule has 2 aromatic carbocycles. The molecule has 0 saturated carbocycles. The lowest BCUT2D eigenvalue weighted by Gasteiger charge is -2.13. The molecule has 1 aromatic heterocycles. The summed E-state index contributed by atoms with van der Waals surface area (Å²) in [5.74, 6) is 0. The van der Waals surface area contributed by atoms with E-state index in [1.165, 1.54) is 0 Å². The third-order valence-corrected chi connectivity index (χ3v) is 4.42. The highest BCUT2D eigenvalue weighted by Gasteiger charge is 2.13. The monoisotopic (exact) mass is 327 g/mol. The van der Waals surface area contributed by atoms with Crippen LogP contribution in [0.2, 0.25) is 0 Å². The number of urea groups is 1. The van der Waals surface area contributed by atoms with E-state index in [0.717, 1.165) is 20.8 Å². The van der Waals surface area contributed by atoms with Gasteiger partial charge in [-0.25, -0.2) is 9.78 Å². The minimum absolute atomic E-state index is 0.104. The summed E-state index contributed by atoms with van der Waals surface area (Å²) in [6.07, 6.45) is 0. The minimum Gasteiger partial charge on any atom is -0.394 e. The Hall–Kier alpha value is -2.44. The summed E-state index contributed by atoms with van der Waals surface area (Å²) in [6, 6.07) is 14.8. The number of anilines is 1. The van der Waals surface area contributed by atoms with Crippen molar-refractivity contribution in [2.45, 2.75) is 13.0 Å². The molecule has 0 spiro atoms. The molecular weight excluding hydrogens is 310 g/mol. The highest BCUT2D eigenvalue weighted by molar-refractivity contribution is 7.21. The molecule has 0 fully saturated rings. The van der Waals surface area contributed by atoms with Gasteiger partial charge in [-0.05, 0) is 31.2 Å². The quantitative estimate of drug-likeness (QED) is 0.687. The van der Waals surface area contributed by atoms with Gasteiger partial charge in [0.15, 0.2) is 0 Å². The molecule has 0 aliphatic carbocycles. The second-order valence-electron chi connectivity index (χ2n) is 5.21. The number of para-hydroxylation sites is 2. The van der Waals surface area contributed by atoms with Gasteiger partial charge in [0.25, 0.3) is 0 Å². The Morgan fingerprint density at radius 2 is 1.96 bits per heavy atom. The predicted octanol–water partition coefficient (Wildman–Crippen LogP) is 3.47. The lowest BCUT2D eigenvalue weighted by Crippen LogP contribution is -2.38. The Kier molecular flexibility index (Phi) is 4.55. The van der Waals surface area contributed by atoms with Crippen molar-refractivity contribution in [3.8, 4) is 10.6 Å². The molecule has 0 aliphatic rings. The fourth-order valence-corrected chi connectivity index (χ4v) is 3.20. The second kappa shape index (κ2) is 6.76. The number of nitrogens with one attached hydrogen (secondary N) is 2. The van der Waals surface area contributed by atoms with E-state index in [2.05, 4.69) is 15.6 Å². The van der Waals surface area contributed by atoms with Gasteiger partial charge in [0.2, 0.25) is 0 Å². The Morgan fingerprint density at radius 1 is 1.22 bits per heavy atom. The van der Waals surface area contributed by atoms with Crippen LogP contribution in [-0.4, -0.2) is 28.8 Å². The molecule has 1 atom stereocenters. The highest BCUT2D eigenvalue weighted by atomic mass is 32.1. The Morgan fingerprint density at radius 3 is 2.74 bits per heavy atom. The molecule has 1 unspecified atom stereocenters. The maximum absolute atomic E-state index is 12.0. The van der Waals surface area contributed by atoms with Crippen LogP contribution in [0.5, 0.6) is 0 Å². The number of amides is 2. The van der Waals surface area contributed by atoms with Crippen molar-refractivity contribution in [1.29, 1.82) is 0 Å². The molecule has 3 aromatic rings. The second-order valence-corrected chi connectivity index (χ2v) is 6.25. The standard InChI is InChI=1S/C17H17N3O2S/c1-11(10-21)18-17(22)20-13-7-3-2-6-12(13)16-19-14-8-4-5-9-15(14)23-16/h2-9,11,21H,10H2,1H3,(H2,18,20,22). The van der Waals surface area contributed by atoms with Crippen LogP contribution in [0.15, 0.2) is 48.5 Å². The number of nitrogens with zero attached hydrogens (tertiary/aromatic N) is 1. The zero-order chi connectivity index (χ0) is 16.2. The van der Waals surface area contributed by atoms with Crippen LogP contribution in [0.25, 0.3) is 20.8 Å². The highest BCUT2D eigenvalue weighted by Crippen LogP contribution is 2.34. The van der Waals surface area contributed by atoms with E-state index in [-0.39, 0.29) is 18.7 Å². The van der Waals surface area contributed by atoms with Gasteiger partial charge in [0.1, 0.15) is 5.01 Å². The molecule has 1 heterocycles. The maximum atomic E-state index is 12.0. The lowest BCUT2D eigenvalue weighted by atomic mass is 10.2. The molecule has 0 bridgehead atoms. The van der Waals surface area contributed by atoms with E-state index in [4.69, 9.17) is 5.11 Å². The first kappa shape index (κ1) is 15.5. The van der Waals surface area contributed by atoms with Crippen LogP contribution in [0.4, 0.5) is 10.5 Å². The number of rotatable bonds is 4. The minimum atomic E-state index is -0.347. The largest absolute Gasteiger partial charge is 0.394 e. The number of aliphatic hydroxyl groups is 1. The Balaban J connectivity index is 1.90. The van der Waals surface area contributed by atoms with Gasteiger partial charge in [-0.3, -0.25) is 0 Å². The van der Waals surface area contributed by atoms with Crippen molar-refractivity contribution in [3.63, 3.8) is 0 Å². The molecule has 3 rings (SSSR count). The molecule has 3 N–H and O–H groups in total. The van der Waals surface area contributed by atoms with Crippen molar-refractivity contribution in [2.75, 3.05) is 11.9 Å². The summed E-state index contributed by atoms with van der Waals surface area (Å²) < 4.78 is 1.11. The van der Waals surface area contributed by atoms with Crippen molar-refractivity contribution in [2.24, 2.45) is 0 Å². The summed E-state index contributed by atoms with van der Waals surface area (Å²) >= 11 is 1.59. The average Bonchev–Trinajstić information content (AvgIpc) is 2.99. The fraction of sp³-hybridized carbons (Fsp3) is 0.176. The summed E-state index contributed by atoms with van der Waals surface area (Å²) in [5, 5.41) is 15.4. The maximum Gasteiger partial charge on any atom is 0.319 e. The molecule has 118 valence electrons. The zero-order valence-corrected chi connectivity index (χ0v) is 13.4. The van der Waals surface area contributed by atoms with Gasteiger partial charge < -0.3 is 15.7 Å². The third kappa shape index (κ3) is 3.49. The van der Waals surface area contributed by atoms with Gasteiger partial charge in [-0.2, -0.15) is 0 Å². The van der Waals surface area contributed by atoms with E-state index < -0.39 is 0 Å². The fourth-order valence-electron chi connectivity index (χ4n) is 2.19. The number of aliphatic hydroxyl groups excluding tert-OH is 1. The topological polar surface area (TPSA) is 74.2 Å². The van der Waals surface area contributed by atoms with Gasteiger partial charge >= 0.3 is 6.03 Å². The van der Waals surface area contributed by atoms with Crippen LogP contribution in [0, 0.1) is 0 Å². The molecule has 0 saturated heterocycles. The van der Waals surface area contributed by atoms with E-state index in [1.54, 1.807) is 18.3 Å². The first-order valence-electron chi connectivity index (χ1n) is 7.30. The van der Waals surface area contributed by atoms with Crippen molar-refractivity contribution >= 4 is 33.3 Å². The van der Waals surface area contributed by atoms with E-state index in [0.29, 0.717) is 5.69 Å². The first-order chi connectivity index (χ1) is 11.2. The summed E-state index contributed by atoms with van der Waals surface area (Å²) in [6.45, 7) is 1.63. The number of hydrogen-bond donors (Lipinski definition) is 3. The van der Waals surface area contributed by atoms with Crippen molar-refractivity contribution in [3.05, 3.63) is 48.5 Å². The number of hydrogen-bond acceptors (Lipinski definition) is 4. The van der Waals surface area contributed by atoms with Gasteiger partial charge in [0.05, 0.1) is 28.6 Å². The van der Waals surface area contributed by atoms with Gasteiger partial charge in [0, 0.05) is 5.56 Å². The molecule has 5 nitrogen and oxygen atoms in total. The molecule has 0 aliphatic heterocycles. The number of aromatic nitrogens is 1. The number of carbonyl (C=O) groups excluding carboxylic acids is 1. The van der Waals surface area contributed by atoms with E-state index >= 15 is 0 Å². The number of thiazole rings is 1. The Bertz CT molecular complexity index is 798. The van der Waals surface area contributed by atoms with Crippen LogP contribution < -0.4 is 10.6 Å². The molecule has 0 radical (unpaired) electrons. The SMILES string of the molecule is CC(CO)NC(=O)Nc1ccccc1-c1nc2ccccc2s1. The third-order valence-electron chi connectivity index (χ3n) is 3.35. The van der Waals surface area contributed by atoms with Crippen LogP contribution in [-0.2, 0) is 0 Å². The molecule has 6 heteroatoms. The normalized spacial score (nSPS) is 12.1. The van der Waals surface area contributed by atoms with E-state index in [9.17, 15) is 4.79 Å². The summed E-state index contributed by atoms with van der Waals surface area (Å²) in [5.41, 5.74) is 2.51. The van der Waals surface area contributed by atoms with Crippen molar-refractivity contribution in [1.82, 2.24) is 10.3 Å². The van der Waals surface area contributed by atoms with Crippen LogP contribution in [0.1, 0.15) is 6.92 Å². The number of benzene rings is 2. The van der Waals surface area contributed by atoms with Gasteiger partial charge in [-0.15, -0.1) is 11.3 Å². The average molecular weight is 327 g/mol. The number of carbonyl (C=O) groups is 1. The molecular formula is C17H17N3O2S. The Labute approximate surface area is 138 Å². The van der Waals surface area contributed by atoms with Crippen LogP contribution in [0.3, 0.4) is 0 Å². The summed E-state index contributed by atoms with van der Waals surface area (Å²) in [7, 11) is 0. The van der Waals surface area contributed by atoms with Crippen molar-refractivity contribution < 1.29 is 9.90 Å². The van der Waals surface area contributed by atoms with Crippen LogP contribution >= 0.6 is 11.3 Å². The molecule has 23 heavy (non-hydrogen) atoms. The van der Waals surface area contributed by atoms with Gasteiger partial charge in [-0.1, -0.05) is 24.3 Å². The number of fused-ring (bicyclic) bond motifs is 1. The first-order valence-corrected chi connectivity index (χ1v) is 8.12. The summed E-state index contributed by atoms with van der Waals surface area (Å²) in [4.78, 5) is 16.6. The lowest BCUT2D eigenvalue weighted by molar-refractivity contribution is 0.229. The smallest absolute Gasteiger partial charge is 0.319 e. The van der Waals surface area contributed by atoms with E-state index in [1.807, 2.05) is 48.5 Å². The predicted molar refractivity (Wildman–Crippen MR) is 93.8 cm³/mol. The molecule has 2 amide bonds. The zero-order valence-electron chi connectivity index (χ0n) is 12.6.